The summed E-state index contributed by atoms with van der Waals surface area (Å²) in [6.07, 6.45) is 0.908. The predicted molar refractivity (Wildman–Crippen MR) is 68.1 cm³/mol. The Balaban J connectivity index is 2.69. The minimum absolute atomic E-state index is 0.908. The van der Waals surface area contributed by atoms with Crippen LogP contribution in [0.4, 0.5) is 0 Å². The second-order valence-electron chi connectivity index (χ2n) is 2.70. The van der Waals surface area contributed by atoms with Gasteiger partial charge in [-0.1, -0.05) is 40.8 Å². The van der Waals surface area contributed by atoms with E-state index in [9.17, 15) is 0 Å². The standard InChI is InChI=1S/C12H13BrS/c1-2-14-12-8-5-7-11(10-12)6-3-4-9-13/h5,7-8,10H,2,4,9H2,1H3. The van der Waals surface area contributed by atoms with Crippen LogP contribution in [-0.4, -0.2) is 11.1 Å². The lowest BCUT2D eigenvalue weighted by atomic mass is 10.2. The van der Waals surface area contributed by atoms with Crippen LogP contribution in [0, 0.1) is 11.8 Å². The predicted octanol–water partition coefficient (Wildman–Crippen LogP) is 3.94. The summed E-state index contributed by atoms with van der Waals surface area (Å²) >= 11 is 5.21. The summed E-state index contributed by atoms with van der Waals surface area (Å²) in [7, 11) is 0. The second-order valence-corrected chi connectivity index (χ2v) is 4.83. The average molecular weight is 269 g/mol. The van der Waals surface area contributed by atoms with E-state index in [0.29, 0.717) is 0 Å². The smallest absolute Gasteiger partial charge is 0.0256 e. The van der Waals surface area contributed by atoms with Crippen LogP contribution in [0.25, 0.3) is 0 Å². The molecule has 0 aromatic heterocycles. The highest BCUT2D eigenvalue weighted by Crippen LogP contribution is 2.17. The van der Waals surface area contributed by atoms with Gasteiger partial charge in [0.05, 0.1) is 0 Å². The van der Waals surface area contributed by atoms with E-state index in [1.54, 1.807) is 0 Å². The van der Waals surface area contributed by atoms with Gasteiger partial charge >= 0.3 is 0 Å². The van der Waals surface area contributed by atoms with Crippen LogP contribution < -0.4 is 0 Å². The number of hydrogen-bond acceptors (Lipinski definition) is 1. The van der Waals surface area contributed by atoms with Gasteiger partial charge in [0.15, 0.2) is 0 Å². The van der Waals surface area contributed by atoms with Gasteiger partial charge in [0.1, 0.15) is 0 Å². The molecule has 0 aliphatic rings. The summed E-state index contributed by atoms with van der Waals surface area (Å²) in [5.74, 6) is 7.37. The van der Waals surface area contributed by atoms with E-state index in [2.05, 4.69) is 59.0 Å². The molecule has 0 aliphatic heterocycles. The number of alkyl halides is 1. The van der Waals surface area contributed by atoms with Crippen LogP contribution in [0.3, 0.4) is 0 Å². The molecule has 0 N–H and O–H groups in total. The van der Waals surface area contributed by atoms with Crippen LogP contribution in [0.5, 0.6) is 0 Å². The van der Waals surface area contributed by atoms with Gasteiger partial charge < -0.3 is 0 Å². The Hall–Kier alpha value is -0.390. The molecular formula is C12H13BrS. The molecule has 0 spiro atoms. The zero-order valence-electron chi connectivity index (χ0n) is 8.22. The van der Waals surface area contributed by atoms with Gasteiger partial charge in [-0.25, -0.2) is 0 Å². The molecular weight excluding hydrogens is 256 g/mol. The lowest BCUT2D eigenvalue weighted by molar-refractivity contribution is 1.32. The quantitative estimate of drug-likeness (QED) is 0.455. The maximum absolute atomic E-state index is 3.36. The van der Waals surface area contributed by atoms with Crippen molar-refractivity contribution in [3.05, 3.63) is 29.8 Å². The average Bonchev–Trinajstić information content (AvgIpc) is 2.19. The minimum atomic E-state index is 0.908. The number of benzene rings is 1. The van der Waals surface area contributed by atoms with Crippen molar-refractivity contribution in [1.29, 1.82) is 0 Å². The Bertz CT molecular complexity index is 336. The summed E-state index contributed by atoms with van der Waals surface area (Å²) < 4.78 is 0. The van der Waals surface area contributed by atoms with Crippen molar-refractivity contribution in [2.45, 2.75) is 18.2 Å². The van der Waals surface area contributed by atoms with Gasteiger partial charge in [-0.05, 0) is 24.0 Å². The molecule has 0 fully saturated rings. The maximum atomic E-state index is 3.36. The summed E-state index contributed by atoms with van der Waals surface area (Å²) in [4.78, 5) is 1.30. The molecule has 1 aromatic carbocycles. The Morgan fingerprint density at radius 1 is 1.43 bits per heavy atom. The first-order chi connectivity index (χ1) is 6.86. The van der Waals surface area contributed by atoms with Crippen molar-refractivity contribution in [3.63, 3.8) is 0 Å². The first-order valence-electron chi connectivity index (χ1n) is 4.64. The van der Waals surface area contributed by atoms with E-state index in [4.69, 9.17) is 0 Å². The maximum Gasteiger partial charge on any atom is 0.0256 e. The van der Waals surface area contributed by atoms with Gasteiger partial charge in [-0.2, -0.15) is 0 Å². The molecule has 14 heavy (non-hydrogen) atoms. The molecule has 2 heteroatoms. The first kappa shape index (κ1) is 11.7. The molecule has 0 atom stereocenters. The van der Waals surface area contributed by atoms with E-state index < -0.39 is 0 Å². The monoisotopic (exact) mass is 268 g/mol. The Labute approximate surface area is 98.6 Å². The summed E-state index contributed by atoms with van der Waals surface area (Å²) in [6.45, 7) is 2.16. The van der Waals surface area contributed by atoms with Gasteiger partial charge in [-0.15, -0.1) is 11.8 Å². The van der Waals surface area contributed by atoms with Gasteiger partial charge in [0.25, 0.3) is 0 Å². The minimum Gasteiger partial charge on any atom is -0.126 e. The highest BCUT2D eigenvalue weighted by Gasteiger charge is 1.92. The lowest BCUT2D eigenvalue weighted by Crippen LogP contribution is -1.77. The molecule has 1 rings (SSSR count). The number of hydrogen-bond donors (Lipinski definition) is 0. The molecule has 0 nitrogen and oxygen atoms in total. The highest BCUT2D eigenvalue weighted by molar-refractivity contribution is 9.09. The molecule has 0 radical (unpaired) electrons. The number of thioether (sulfide) groups is 1. The Kier molecular flexibility index (Phi) is 5.82. The van der Waals surface area contributed by atoms with E-state index in [1.165, 1.54) is 4.90 Å². The van der Waals surface area contributed by atoms with E-state index in [0.717, 1.165) is 23.1 Å². The van der Waals surface area contributed by atoms with Crippen molar-refractivity contribution < 1.29 is 0 Å². The third kappa shape index (κ3) is 4.21. The van der Waals surface area contributed by atoms with Crippen molar-refractivity contribution >= 4 is 27.7 Å². The third-order valence-electron chi connectivity index (χ3n) is 1.60. The van der Waals surface area contributed by atoms with Crippen LogP contribution in [0.1, 0.15) is 18.9 Å². The molecule has 0 amide bonds. The van der Waals surface area contributed by atoms with E-state index >= 15 is 0 Å². The van der Waals surface area contributed by atoms with Crippen LogP contribution in [-0.2, 0) is 0 Å². The summed E-state index contributed by atoms with van der Waals surface area (Å²) in [5, 5.41) is 0.948. The zero-order valence-corrected chi connectivity index (χ0v) is 10.6. The molecule has 0 unspecified atom stereocenters. The van der Waals surface area contributed by atoms with Gasteiger partial charge in [-0.3, -0.25) is 0 Å². The Morgan fingerprint density at radius 2 is 2.29 bits per heavy atom. The fourth-order valence-electron chi connectivity index (χ4n) is 1.04. The fourth-order valence-corrected chi connectivity index (χ4v) is 1.96. The lowest BCUT2D eigenvalue weighted by Gasteiger charge is -1.97. The molecule has 0 aliphatic carbocycles. The zero-order chi connectivity index (χ0) is 10.2. The molecule has 0 heterocycles. The highest BCUT2D eigenvalue weighted by atomic mass is 79.9. The van der Waals surface area contributed by atoms with Crippen LogP contribution >= 0.6 is 27.7 Å². The molecule has 0 saturated carbocycles. The van der Waals surface area contributed by atoms with Crippen LogP contribution in [0.15, 0.2) is 29.2 Å². The third-order valence-corrected chi connectivity index (χ3v) is 2.87. The van der Waals surface area contributed by atoms with E-state index in [-0.39, 0.29) is 0 Å². The van der Waals surface area contributed by atoms with Crippen molar-refractivity contribution in [2.75, 3.05) is 11.1 Å². The second kappa shape index (κ2) is 6.98. The largest absolute Gasteiger partial charge is 0.126 e. The van der Waals surface area contributed by atoms with Gasteiger partial charge in [0, 0.05) is 22.2 Å². The van der Waals surface area contributed by atoms with E-state index in [1.807, 2.05) is 11.8 Å². The summed E-state index contributed by atoms with van der Waals surface area (Å²) in [6, 6.07) is 8.40. The first-order valence-corrected chi connectivity index (χ1v) is 6.75. The van der Waals surface area contributed by atoms with Crippen molar-refractivity contribution in [2.24, 2.45) is 0 Å². The van der Waals surface area contributed by atoms with Crippen molar-refractivity contribution in [3.8, 4) is 11.8 Å². The SMILES string of the molecule is CCSc1cccc(C#CCCBr)c1. The number of rotatable bonds is 3. The number of halogens is 1. The molecule has 1 aromatic rings. The molecule has 74 valence electrons. The molecule has 0 bridgehead atoms. The van der Waals surface area contributed by atoms with Crippen LogP contribution in [0.2, 0.25) is 0 Å². The topological polar surface area (TPSA) is 0 Å². The normalized spacial score (nSPS) is 9.29. The molecule has 0 saturated heterocycles. The fraction of sp³-hybridized carbons (Fsp3) is 0.333. The summed E-state index contributed by atoms with van der Waals surface area (Å²) in [5.41, 5.74) is 1.12. The van der Waals surface area contributed by atoms with Gasteiger partial charge in [0.2, 0.25) is 0 Å². The Morgan fingerprint density at radius 3 is 3.00 bits per heavy atom. The van der Waals surface area contributed by atoms with Crippen molar-refractivity contribution in [1.82, 2.24) is 0 Å².